The molecule has 0 aliphatic heterocycles. The molecule has 0 spiro atoms. The summed E-state index contributed by atoms with van der Waals surface area (Å²) >= 11 is 0. The number of aliphatic hydroxyl groups is 1. The molecule has 0 fully saturated rings. The Morgan fingerprint density at radius 1 is 1.60 bits per heavy atom. The minimum absolute atomic E-state index is 0.0736. The molecule has 1 aromatic heterocycles. The lowest BCUT2D eigenvalue weighted by atomic mass is 9.95. The van der Waals surface area contributed by atoms with Gasteiger partial charge in [0.1, 0.15) is 5.76 Å². The predicted molar refractivity (Wildman–Crippen MR) is 58.5 cm³/mol. The molecule has 4 heteroatoms. The van der Waals surface area contributed by atoms with E-state index in [1.54, 1.807) is 6.20 Å². The molecule has 0 bridgehead atoms. The summed E-state index contributed by atoms with van der Waals surface area (Å²) in [7, 11) is 0. The third-order valence-corrected chi connectivity index (χ3v) is 2.32. The molecular formula is C11H20N2O2. The fourth-order valence-electron chi connectivity index (χ4n) is 1.14. The Labute approximate surface area is 90.7 Å². The quantitative estimate of drug-likeness (QED) is 0.779. The Balaban J connectivity index is 2.46. The first-order valence-corrected chi connectivity index (χ1v) is 5.21. The molecule has 0 radical (unpaired) electrons. The summed E-state index contributed by atoms with van der Waals surface area (Å²) < 4.78 is 5.41. The van der Waals surface area contributed by atoms with Gasteiger partial charge in [-0.05, 0) is 13.8 Å². The van der Waals surface area contributed by atoms with Gasteiger partial charge in [0, 0.05) is 18.6 Å². The van der Waals surface area contributed by atoms with Crippen molar-refractivity contribution in [2.45, 2.75) is 33.7 Å². The third-order valence-electron chi connectivity index (χ3n) is 2.32. The number of hydrogen-bond acceptors (Lipinski definition) is 4. The molecule has 0 aliphatic carbocycles. The Bertz CT molecular complexity index is 307. The molecule has 1 rings (SSSR count). The number of aryl methyl sites for hydroxylation is 1. The van der Waals surface area contributed by atoms with Crippen LogP contribution in [0.5, 0.6) is 0 Å². The molecule has 2 N–H and O–H groups in total. The highest BCUT2D eigenvalue weighted by Crippen LogP contribution is 2.16. The minimum Gasteiger partial charge on any atom is -0.444 e. The lowest BCUT2D eigenvalue weighted by Crippen LogP contribution is -2.33. The normalized spacial score (nSPS) is 14.2. The monoisotopic (exact) mass is 212 g/mol. The van der Waals surface area contributed by atoms with E-state index in [9.17, 15) is 0 Å². The lowest BCUT2D eigenvalue weighted by molar-refractivity contribution is 0.152. The van der Waals surface area contributed by atoms with Crippen LogP contribution in [0.2, 0.25) is 0 Å². The summed E-state index contributed by atoms with van der Waals surface area (Å²) in [6, 6.07) is 0.0736. The van der Waals surface area contributed by atoms with Crippen molar-refractivity contribution in [2.75, 3.05) is 13.2 Å². The number of aliphatic hydroxyl groups excluding tert-OH is 1. The largest absolute Gasteiger partial charge is 0.444 e. The summed E-state index contributed by atoms with van der Waals surface area (Å²) in [4.78, 5) is 4.15. The van der Waals surface area contributed by atoms with E-state index in [1.807, 2.05) is 27.7 Å². The molecule has 0 amide bonds. The van der Waals surface area contributed by atoms with E-state index in [4.69, 9.17) is 9.52 Å². The zero-order chi connectivity index (χ0) is 11.5. The second-order valence-electron chi connectivity index (χ2n) is 4.73. The topological polar surface area (TPSA) is 58.3 Å². The van der Waals surface area contributed by atoms with Gasteiger partial charge >= 0.3 is 0 Å². The fourth-order valence-corrected chi connectivity index (χ4v) is 1.14. The van der Waals surface area contributed by atoms with Crippen LogP contribution in [0.1, 0.15) is 38.5 Å². The molecule has 1 atom stereocenters. The zero-order valence-corrected chi connectivity index (χ0v) is 9.87. The molecule has 86 valence electrons. The standard InChI is InChI=1S/C11H20N2O2/c1-8-5-12-10(15-8)9(2)13-6-11(3,4)7-14/h5,9,13-14H,6-7H2,1-4H3. The highest BCUT2D eigenvalue weighted by molar-refractivity contribution is 4.95. The summed E-state index contributed by atoms with van der Waals surface area (Å²) in [5.74, 6) is 1.52. The first-order chi connectivity index (χ1) is 6.94. The van der Waals surface area contributed by atoms with E-state index in [0.717, 1.165) is 12.3 Å². The summed E-state index contributed by atoms with van der Waals surface area (Å²) in [5.41, 5.74) is -0.115. The van der Waals surface area contributed by atoms with Crippen molar-refractivity contribution in [3.05, 3.63) is 17.8 Å². The maximum atomic E-state index is 9.10. The molecular weight excluding hydrogens is 192 g/mol. The van der Waals surface area contributed by atoms with Crippen LogP contribution < -0.4 is 5.32 Å². The Morgan fingerprint density at radius 2 is 2.27 bits per heavy atom. The van der Waals surface area contributed by atoms with Gasteiger partial charge in [-0.2, -0.15) is 0 Å². The van der Waals surface area contributed by atoms with Crippen molar-refractivity contribution in [1.82, 2.24) is 10.3 Å². The second kappa shape index (κ2) is 4.77. The van der Waals surface area contributed by atoms with Crippen LogP contribution in [0.25, 0.3) is 0 Å². The molecule has 0 aliphatic rings. The van der Waals surface area contributed by atoms with Crippen LogP contribution in [0.15, 0.2) is 10.6 Å². The number of nitrogens with one attached hydrogen (secondary N) is 1. The Morgan fingerprint density at radius 3 is 2.73 bits per heavy atom. The van der Waals surface area contributed by atoms with Gasteiger partial charge in [0.25, 0.3) is 0 Å². The minimum atomic E-state index is -0.115. The van der Waals surface area contributed by atoms with Crippen molar-refractivity contribution in [3.8, 4) is 0 Å². The van der Waals surface area contributed by atoms with Gasteiger partial charge in [0.15, 0.2) is 0 Å². The van der Waals surface area contributed by atoms with Gasteiger partial charge in [0.05, 0.1) is 12.2 Å². The van der Waals surface area contributed by atoms with Crippen LogP contribution in [-0.4, -0.2) is 23.2 Å². The predicted octanol–water partition coefficient (Wildman–Crippen LogP) is 1.65. The number of hydrogen-bond donors (Lipinski definition) is 2. The smallest absolute Gasteiger partial charge is 0.211 e. The van der Waals surface area contributed by atoms with Crippen LogP contribution in [-0.2, 0) is 0 Å². The van der Waals surface area contributed by atoms with E-state index >= 15 is 0 Å². The number of oxazole rings is 1. The average Bonchev–Trinajstić information content (AvgIpc) is 2.61. The maximum Gasteiger partial charge on any atom is 0.211 e. The van der Waals surface area contributed by atoms with Crippen molar-refractivity contribution in [1.29, 1.82) is 0 Å². The van der Waals surface area contributed by atoms with E-state index in [0.29, 0.717) is 5.89 Å². The highest BCUT2D eigenvalue weighted by Gasteiger charge is 2.19. The summed E-state index contributed by atoms with van der Waals surface area (Å²) in [6.07, 6.45) is 1.71. The van der Waals surface area contributed by atoms with Crippen molar-refractivity contribution >= 4 is 0 Å². The lowest BCUT2D eigenvalue weighted by Gasteiger charge is -2.23. The first-order valence-electron chi connectivity index (χ1n) is 5.21. The Hall–Kier alpha value is -0.870. The van der Waals surface area contributed by atoms with Crippen molar-refractivity contribution in [3.63, 3.8) is 0 Å². The maximum absolute atomic E-state index is 9.10. The van der Waals surface area contributed by atoms with Gasteiger partial charge in [-0.25, -0.2) is 4.98 Å². The number of nitrogens with zero attached hydrogens (tertiary/aromatic N) is 1. The molecule has 1 heterocycles. The van der Waals surface area contributed by atoms with Gasteiger partial charge in [0.2, 0.25) is 5.89 Å². The molecule has 0 aromatic carbocycles. The summed E-state index contributed by atoms with van der Waals surface area (Å²) in [5, 5.41) is 12.4. The third kappa shape index (κ3) is 3.64. The zero-order valence-electron chi connectivity index (χ0n) is 9.87. The second-order valence-corrected chi connectivity index (χ2v) is 4.73. The molecule has 0 saturated heterocycles. The van der Waals surface area contributed by atoms with E-state index in [-0.39, 0.29) is 18.1 Å². The number of aromatic nitrogens is 1. The van der Waals surface area contributed by atoms with Gasteiger partial charge in [-0.1, -0.05) is 13.8 Å². The van der Waals surface area contributed by atoms with Crippen LogP contribution >= 0.6 is 0 Å². The molecule has 1 unspecified atom stereocenters. The van der Waals surface area contributed by atoms with Crippen molar-refractivity contribution < 1.29 is 9.52 Å². The molecule has 1 aromatic rings. The van der Waals surface area contributed by atoms with Crippen LogP contribution in [0, 0.1) is 12.3 Å². The fraction of sp³-hybridized carbons (Fsp3) is 0.727. The Kier molecular flexibility index (Phi) is 3.88. The van der Waals surface area contributed by atoms with Crippen LogP contribution in [0.4, 0.5) is 0 Å². The van der Waals surface area contributed by atoms with Gasteiger partial charge < -0.3 is 14.8 Å². The van der Waals surface area contributed by atoms with E-state index in [1.165, 1.54) is 0 Å². The first kappa shape index (κ1) is 12.2. The molecule has 4 nitrogen and oxygen atoms in total. The molecule has 15 heavy (non-hydrogen) atoms. The van der Waals surface area contributed by atoms with Crippen LogP contribution in [0.3, 0.4) is 0 Å². The SMILES string of the molecule is Cc1cnc(C(C)NCC(C)(C)CO)o1. The van der Waals surface area contributed by atoms with E-state index in [2.05, 4.69) is 10.3 Å². The highest BCUT2D eigenvalue weighted by atomic mass is 16.4. The van der Waals surface area contributed by atoms with E-state index < -0.39 is 0 Å². The van der Waals surface area contributed by atoms with Gasteiger partial charge in [-0.15, -0.1) is 0 Å². The molecule has 0 saturated carbocycles. The van der Waals surface area contributed by atoms with Crippen molar-refractivity contribution in [2.24, 2.45) is 5.41 Å². The average molecular weight is 212 g/mol. The van der Waals surface area contributed by atoms with Gasteiger partial charge in [-0.3, -0.25) is 0 Å². The summed E-state index contributed by atoms with van der Waals surface area (Å²) in [6.45, 7) is 8.78. The number of rotatable bonds is 5.